The van der Waals surface area contributed by atoms with Crippen molar-refractivity contribution in [2.75, 3.05) is 26.4 Å². The van der Waals surface area contributed by atoms with E-state index in [0.717, 1.165) is 6.54 Å². The van der Waals surface area contributed by atoms with E-state index in [1.807, 2.05) is 7.05 Å². The molecule has 0 radical (unpaired) electrons. The quantitative estimate of drug-likeness (QED) is 0.860. The van der Waals surface area contributed by atoms with E-state index in [0.29, 0.717) is 22.9 Å². The molecule has 0 bridgehead atoms. The third-order valence-corrected chi connectivity index (χ3v) is 4.09. The van der Waals surface area contributed by atoms with Gasteiger partial charge >= 0.3 is 0 Å². The SMILES string of the molecule is COc1ccc(N)c(C(=O)N(C)CC2CCCCC2)c1. The average Bonchev–Trinajstić information content (AvgIpc) is 2.48. The molecular formula is C16H24N2O2. The highest BCUT2D eigenvalue weighted by atomic mass is 16.5. The number of rotatable bonds is 4. The zero-order valence-corrected chi connectivity index (χ0v) is 12.4. The van der Waals surface area contributed by atoms with Crippen molar-refractivity contribution in [3.05, 3.63) is 23.8 Å². The topological polar surface area (TPSA) is 55.6 Å². The second-order valence-corrected chi connectivity index (χ2v) is 5.64. The molecule has 4 heteroatoms. The number of nitrogens with zero attached hydrogens (tertiary/aromatic N) is 1. The van der Waals surface area contributed by atoms with Crippen LogP contribution in [0.25, 0.3) is 0 Å². The normalized spacial score (nSPS) is 15.9. The summed E-state index contributed by atoms with van der Waals surface area (Å²) >= 11 is 0. The molecule has 0 unspecified atom stereocenters. The lowest BCUT2D eigenvalue weighted by molar-refractivity contribution is 0.0761. The highest BCUT2D eigenvalue weighted by Crippen LogP contribution is 2.26. The zero-order chi connectivity index (χ0) is 14.5. The van der Waals surface area contributed by atoms with Crippen LogP contribution in [0.1, 0.15) is 42.5 Å². The van der Waals surface area contributed by atoms with Crippen LogP contribution in [-0.4, -0.2) is 31.5 Å². The number of hydrogen-bond acceptors (Lipinski definition) is 3. The third kappa shape index (κ3) is 3.44. The molecule has 0 aromatic heterocycles. The first-order valence-corrected chi connectivity index (χ1v) is 7.30. The predicted molar refractivity (Wildman–Crippen MR) is 80.9 cm³/mol. The minimum Gasteiger partial charge on any atom is -0.497 e. The van der Waals surface area contributed by atoms with Gasteiger partial charge in [0.05, 0.1) is 12.7 Å². The number of methoxy groups -OCH3 is 1. The van der Waals surface area contributed by atoms with Gasteiger partial charge < -0.3 is 15.4 Å². The lowest BCUT2D eigenvalue weighted by Crippen LogP contribution is -2.33. The fourth-order valence-electron chi connectivity index (χ4n) is 2.89. The summed E-state index contributed by atoms with van der Waals surface area (Å²) in [6, 6.07) is 5.21. The highest BCUT2D eigenvalue weighted by molar-refractivity contribution is 5.99. The Morgan fingerprint density at radius 1 is 1.35 bits per heavy atom. The summed E-state index contributed by atoms with van der Waals surface area (Å²) in [4.78, 5) is 14.3. The van der Waals surface area contributed by atoms with Crippen LogP contribution in [0.15, 0.2) is 18.2 Å². The molecule has 0 spiro atoms. The van der Waals surface area contributed by atoms with Gasteiger partial charge in [0.2, 0.25) is 0 Å². The van der Waals surface area contributed by atoms with Crippen LogP contribution in [0, 0.1) is 5.92 Å². The second-order valence-electron chi connectivity index (χ2n) is 5.64. The van der Waals surface area contributed by atoms with E-state index < -0.39 is 0 Å². The van der Waals surface area contributed by atoms with Gasteiger partial charge in [-0.3, -0.25) is 4.79 Å². The van der Waals surface area contributed by atoms with E-state index in [9.17, 15) is 4.79 Å². The first-order valence-electron chi connectivity index (χ1n) is 7.30. The van der Waals surface area contributed by atoms with E-state index in [1.165, 1.54) is 32.1 Å². The molecule has 0 heterocycles. The molecule has 1 aromatic carbocycles. The smallest absolute Gasteiger partial charge is 0.255 e. The Balaban J connectivity index is 2.05. The van der Waals surface area contributed by atoms with Crippen molar-refractivity contribution in [3.8, 4) is 5.75 Å². The molecule has 2 N–H and O–H groups in total. The summed E-state index contributed by atoms with van der Waals surface area (Å²) in [6.45, 7) is 0.815. The van der Waals surface area contributed by atoms with Gasteiger partial charge in [0, 0.05) is 19.3 Å². The van der Waals surface area contributed by atoms with Crippen LogP contribution in [0.4, 0.5) is 5.69 Å². The molecule has 2 rings (SSSR count). The third-order valence-electron chi connectivity index (χ3n) is 4.09. The number of nitrogens with two attached hydrogens (primary N) is 1. The molecular weight excluding hydrogens is 252 g/mol. The summed E-state index contributed by atoms with van der Waals surface area (Å²) in [6.07, 6.45) is 6.36. The Morgan fingerprint density at radius 2 is 2.05 bits per heavy atom. The van der Waals surface area contributed by atoms with E-state index in [-0.39, 0.29) is 5.91 Å². The van der Waals surface area contributed by atoms with Crippen LogP contribution >= 0.6 is 0 Å². The van der Waals surface area contributed by atoms with Crippen LogP contribution in [0.2, 0.25) is 0 Å². The van der Waals surface area contributed by atoms with Gasteiger partial charge in [-0.1, -0.05) is 19.3 Å². The Hall–Kier alpha value is -1.71. The van der Waals surface area contributed by atoms with Gasteiger partial charge in [0.1, 0.15) is 5.75 Å². The van der Waals surface area contributed by atoms with Gasteiger partial charge in [-0.2, -0.15) is 0 Å². The predicted octanol–water partition coefficient (Wildman–Crippen LogP) is 2.93. The molecule has 110 valence electrons. The minimum absolute atomic E-state index is 0.0213. The van der Waals surface area contributed by atoms with E-state index in [1.54, 1.807) is 30.2 Å². The van der Waals surface area contributed by atoms with Crippen molar-refractivity contribution < 1.29 is 9.53 Å². The molecule has 0 aliphatic heterocycles. The fourth-order valence-corrected chi connectivity index (χ4v) is 2.89. The largest absolute Gasteiger partial charge is 0.497 e. The summed E-state index contributed by atoms with van der Waals surface area (Å²) in [5.41, 5.74) is 6.95. The maximum Gasteiger partial charge on any atom is 0.255 e. The average molecular weight is 276 g/mol. The van der Waals surface area contributed by atoms with Gasteiger partial charge in [-0.05, 0) is 37.0 Å². The molecule has 4 nitrogen and oxygen atoms in total. The zero-order valence-electron chi connectivity index (χ0n) is 12.4. The maximum atomic E-state index is 12.5. The molecule has 1 aliphatic carbocycles. The monoisotopic (exact) mass is 276 g/mol. The number of carbonyl (C=O) groups is 1. The first-order chi connectivity index (χ1) is 9.61. The molecule has 0 saturated heterocycles. The molecule has 1 saturated carbocycles. The summed E-state index contributed by atoms with van der Waals surface area (Å²) in [5, 5.41) is 0. The van der Waals surface area contributed by atoms with Crippen molar-refractivity contribution in [2.45, 2.75) is 32.1 Å². The number of benzene rings is 1. The van der Waals surface area contributed by atoms with Crippen molar-refractivity contribution in [1.82, 2.24) is 4.90 Å². The van der Waals surface area contributed by atoms with Gasteiger partial charge in [0.25, 0.3) is 5.91 Å². The van der Waals surface area contributed by atoms with Gasteiger partial charge in [0.15, 0.2) is 0 Å². The maximum absolute atomic E-state index is 12.5. The summed E-state index contributed by atoms with van der Waals surface area (Å²) in [5.74, 6) is 1.27. The van der Waals surface area contributed by atoms with Crippen molar-refractivity contribution in [3.63, 3.8) is 0 Å². The second kappa shape index (κ2) is 6.64. The standard InChI is InChI=1S/C16H24N2O2/c1-18(11-12-6-4-3-5-7-12)16(19)14-10-13(20-2)8-9-15(14)17/h8-10,12H,3-7,11,17H2,1-2H3. The number of ether oxygens (including phenoxy) is 1. The molecule has 0 atom stereocenters. The number of carbonyl (C=O) groups excluding carboxylic acids is 1. The van der Waals surface area contributed by atoms with Crippen molar-refractivity contribution in [1.29, 1.82) is 0 Å². The van der Waals surface area contributed by atoms with Crippen LogP contribution < -0.4 is 10.5 Å². The minimum atomic E-state index is -0.0213. The highest BCUT2D eigenvalue weighted by Gasteiger charge is 2.20. The molecule has 1 aliphatic rings. The van der Waals surface area contributed by atoms with E-state index in [4.69, 9.17) is 10.5 Å². The lowest BCUT2D eigenvalue weighted by atomic mass is 9.89. The molecule has 1 fully saturated rings. The van der Waals surface area contributed by atoms with Crippen LogP contribution in [-0.2, 0) is 0 Å². The molecule has 1 amide bonds. The van der Waals surface area contributed by atoms with Crippen LogP contribution in [0.5, 0.6) is 5.75 Å². The lowest BCUT2D eigenvalue weighted by Gasteiger charge is -2.27. The molecule has 20 heavy (non-hydrogen) atoms. The van der Waals surface area contributed by atoms with Crippen LogP contribution in [0.3, 0.4) is 0 Å². The number of hydrogen-bond donors (Lipinski definition) is 1. The van der Waals surface area contributed by atoms with Crippen molar-refractivity contribution >= 4 is 11.6 Å². The summed E-state index contributed by atoms with van der Waals surface area (Å²) < 4.78 is 5.16. The Morgan fingerprint density at radius 3 is 2.70 bits per heavy atom. The number of amides is 1. The van der Waals surface area contributed by atoms with E-state index in [2.05, 4.69) is 0 Å². The van der Waals surface area contributed by atoms with Crippen molar-refractivity contribution in [2.24, 2.45) is 5.92 Å². The Bertz CT molecular complexity index is 468. The van der Waals surface area contributed by atoms with Gasteiger partial charge in [-0.15, -0.1) is 0 Å². The Labute approximate surface area is 120 Å². The molecule has 1 aromatic rings. The Kier molecular flexibility index (Phi) is 4.88. The van der Waals surface area contributed by atoms with Gasteiger partial charge in [-0.25, -0.2) is 0 Å². The number of anilines is 1. The first kappa shape index (κ1) is 14.7. The fraction of sp³-hybridized carbons (Fsp3) is 0.562. The number of nitrogen functional groups attached to an aromatic ring is 1. The van der Waals surface area contributed by atoms with E-state index >= 15 is 0 Å². The summed E-state index contributed by atoms with van der Waals surface area (Å²) in [7, 11) is 3.45.